The second kappa shape index (κ2) is 10.1. The lowest BCUT2D eigenvalue weighted by Crippen LogP contribution is -2.05. The van der Waals surface area contributed by atoms with Crippen molar-refractivity contribution in [3.63, 3.8) is 0 Å². The van der Waals surface area contributed by atoms with Gasteiger partial charge in [0.2, 0.25) is 0 Å². The van der Waals surface area contributed by atoms with Gasteiger partial charge in [0.05, 0.1) is 0 Å². The number of carbonyl (C=O) groups excluding carboxylic acids is 1. The molecular weight excluding hydrogens is 388 g/mol. The highest BCUT2D eigenvalue weighted by atomic mass is 16.5. The Hall–Kier alpha value is -4.05. The predicted molar refractivity (Wildman–Crippen MR) is 124 cm³/mol. The first-order valence-electron chi connectivity index (χ1n) is 9.86. The topological polar surface area (TPSA) is 66.8 Å². The molecule has 0 bridgehead atoms. The largest absolute Gasteiger partial charge is 0.507 e. The molecule has 31 heavy (non-hydrogen) atoms. The minimum absolute atomic E-state index is 0.0740. The maximum absolute atomic E-state index is 12.5. The van der Waals surface area contributed by atoms with Crippen LogP contribution in [-0.4, -0.2) is 16.2 Å². The van der Waals surface area contributed by atoms with Gasteiger partial charge in [0.15, 0.2) is 0 Å². The first-order chi connectivity index (χ1) is 15.0. The van der Waals surface area contributed by atoms with E-state index < -0.39 is 5.97 Å². The third-order valence-corrected chi connectivity index (χ3v) is 4.70. The Morgan fingerprint density at radius 1 is 0.839 bits per heavy atom. The quantitative estimate of drug-likeness (QED) is 0.211. The minimum Gasteiger partial charge on any atom is -0.507 e. The number of carbonyl (C=O) groups is 1. The van der Waals surface area contributed by atoms with Crippen LogP contribution in [0.2, 0.25) is 0 Å². The van der Waals surface area contributed by atoms with Gasteiger partial charge in [-0.05, 0) is 60.4 Å². The second-order valence-corrected chi connectivity index (χ2v) is 6.98. The highest BCUT2D eigenvalue weighted by Crippen LogP contribution is 2.37. The fourth-order valence-corrected chi connectivity index (χ4v) is 3.19. The van der Waals surface area contributed by atoms with Crippen LogP contribution < -0.4 is 4.74 Å². The molecule has 3 rings (SSSR count). The normalized spacial score (nSPS) is 10.7. The van der Waals surface area contributed by atoms with E-state index in [1.807, 2.05) is 24.3 Å². The summed E-state index contributed by atoms with van der Waals surface area (Å²) in [5.41, 5.74) is 3.64. The second-order valence-electron chi connectivity index (χ2n) is 6.98. The fraction of sp³-hybridized carbons (Fsp3) is 0.0741. The van der Waals surface area contributed by atoms with Crippen LogP contribution in [0.25, 0.3) is 17.2 Å². The average molecular weight is 412 g/mol. The van der Waals surface area contributed by atoms with Crippen molar-refractivity contribution in [3.8, 4) is 28.4 Å². The third kappa shape index (κ3) is 5.52. The third-order valence-electron chi connectivity index (χ3n) is 4.70. The van der Waals surface area contributed by atoms with Crippen LogP contribution in [0.1, 0.15) is 16.7 Å². The molecule has 4 nitrogen and oxygen atoms in total. The first-order valence-corrected chi connectivity index (χ1v) is 9.86. The molecule has 2 N–H and O–H groups in total. The molecule has 0 aliphatic heterocycles. The number of allylic oxidation sites excluding steroid dienone is 2. The highest BCUT2D eigenvalue weighted by molar-refractivity contribution is 5.91. The Morgan fingerprint density at radius 2 is 1.48 bits per heavy atom. The smallest absolute Gasteiger partial charge is 0.336 e. The van der Waals surface area contributed by atoms with Crippen molar-refractivity contribution >= 4 is 12.0 Å². The summed E-state index contributed by atoms with van der Waals surface area (Å²) in [6.45, 7) is 7.53. The average Bonchev–Trinajstić information content (AvgIpc) is 2.76. The maximum Gasteiger partial charge on any atom is 0.336 e. The first kappa shape index (κ1) is 21.7. The van der Waals surface area contributed by atoms with Gasteiger partial charge in [-0.25, -0.2) is 4.79 Å². The molecule has 0 aromatic heterocycles. The van der Waals surface area contributed by atoms with Crippen LogP contribution in [-0.2, 0) is 17.6 Å². The highest BCUT2D eigenvalue weighted by Gasteiger charge is 2.14. The number of hydrogen-bond acceptors (Lipinski definition) is 4. The minimum atomic E-state index is -0.595. The lowest BCUT2D eigenvalue weighted by atomic mass is 9.97. The summed E-state index contributed by atoms with van der Waals surface area (Å²) in [5.74, 6) is -0.107. The van der Waals surface area contributed by atoms with Gasteiger partial charge in [-0.1, -0.05) is 42.5 Å². The van der Waals surface area contributed by atoms with Crippen molar-refractivity contribution in [1.29, 1.82) is 0 Å². The predicted octanol–water partition coefficient (Wildman–Crippen LogP) is 5.84. The Bertz CT molecular complexity index is 1140. The summed E-state index contributed by atoms with van der Waals surface area (Å²) >= 11 is 0. The zero-order valence-electron chi connectivity index (χ0n) is 17.1. The van der Waals surface area contributed by atoms with E-state index in [4.69, 9.17) is 4.74 Å². The number of esters is 1. The molecule has 0 atom stereocenters. The van der Waals surface area contributed by atoms with E-state index in [2.05, 4.69) is 13.2 Å². The Morgan fingerprint density at radius 3 is 2.16 bits per heavy atom. The molecule has 3 aromatic carbocycles. The molecule has 156 valence electrons. The van der Waals surface area contributed by atoms with E-state index in [1.54, 1.807) is 48.6 Å². The van der Waals surface area contributed by atoms with Crippen LogP contribution in [0.15, 0.2) is 92.0 Å². The molecule has 0 aliphatic rings. The molecular formula is C27H24O4. The number of rotatable bonds is 8. The van der Waals surface area contributed by atoms with Crippen molar-refractivity contribution in [1.82, 2.24) is 0 Å². The van der Waals surface area contributed by atoms with E-state index in [-0.39, 0.29) is 11.5 Å². The molecule has 0 saturated heterocycles. The number of aromatic hydroxyl groups is 2. The molecule has 0 amide bonds. The monoisotopic (exact) mass is 412 g/mol. The Kier molecular flexibility index (Phi) is 7.07. The Labute approximate surface area is 182 Å². The molecule has 0 heterocycles. The van der Waals surface area contributed by atoms with Crippen molar-refractivity contribution in [2.24, 2.45) is 0 Å². The molecule has 0 saturated carbocycles. The fourth-order valence-electron chi connectivity index (χ4n) is 3.19. The van der Waals surface area contributed by atoms with Crippen molar-refractivity contribution in [3.05, 3.63) is 109 Å². The summed E-state index contributed by atoms with van der Waals surface area (Å²) in [7, 11) is 0. The van der Waals surface area contributed by atoms with Gasteiger partial charge < -0.3 is 14.9 Å². The van der Waals surface area contributed by atoms with Crippen molar-refractivity contribution in [2.45, 2.75) is 12.8 Å². The van der Waals surface area contributed by atoms with E-state index >= 15 is 0 Å². The summed E-state index contributed by atoms with van der Waals surface area (Å²) in [5, 5.41) is 20.3. The zero-order valence-corrected chi connectivity index (χ0v) is 17.1. The standard InChI is InChI=1S/C27H24O4/c1-3-7-19-11-14-25(29)22(17-19)23-18-20(8-4-2)12-15-26(23)31-27(30)16-13-21-9-5-6-10-24(21)28/h3-6,9-18,28-29H,1-2,7-8H2/b16-13+. The number of phenols is 2. The van der Waals surface area contributed by atoms with Gasteiger partial charge in [0.1, 0.15) is 17.2 Å². The van der Waals surface area contributed by atoms with Crippen LogP contribution in [0.3, 0.4) is 0 Å². The number of phenolic OH excluding ortho intramolecular Hbond substituents is 2. The van der Waals surface area contributed by atoms with Crippen LogP contribution >= 0.6 is 0 Å². The number of benzene rings is 3. The Balaban J connectivity index is 1.96. The van der Waals surface area contributed by atoms with Crippen molar-refractivity contribution in [2.75, 3.05) is 0 Å². The van der Waals surface area contributed by atoms with E-state index in [1.165, 1.54) is 12.2 Å². The SMILES string of the molecule is C=CCc1ccc(O)c(-c2cc(CC=C)ccc2OC(=O)/C=C/c2ccccc2O)c1. The molecule has 0 radical (unpaired) electrons. The van der Waals surface area contributed by atoms with Gasteiger partial charge in [-0.3, -0.25) is 0 Å². The van der Waals surface area contributed by atoms with E-state index in [0.717, 1.165) is 11.1 Å². The van der Waals surface area contributed by atoms with Gasteiger partial charge >= 0.3 is 5.97 Å². The van der Waals surface area contributed by atoms with E-state index in [0.29, 0.717) is 35.3 Å². The zero-order chi connectivity index (χ0) is 22.2. The number of para-hydroxylation sites is 1. The molecule has 3 aromatic rings. The summed E-state index contributed by atoms with van der Waals surface area (Å²) in [6, 6.07) is 17.5. The molecule has 4 heteroatoms. The molecule has 0 aliphatic carbocycles. The van der Waals surface area contributed by atoms with Gasteiger partial charge in [-0.15, -0.1) is 13.2 Å². The number of ether oxygens (including phenoxy) is 1. The molecule has 0 fully saturated rings. The lowest BCUT2D eigenvalue weighted by molar-refractivity contribution is -0.128. The van der Waals surface area contributed by atoms with Crippen LogP contribution in [0, 0.1) is 0 Å². The van der Waals surface area contributed by atoms with Gasteiger partial charge in [-0.2, -0.15) is 0 Å². The summed E-state index contributed by atoms with van der Waals surface area (Å²) in [6.07, 6.45) is 7.61. The van der Waals surface area contributed by atoms with Crippen LogP contribution in [0.5, 0.6) is 17.2 Å². The summed E-state index contributed by atoms with van der Waals surface area (Å²) in [4.78, 5) is 12.5. The van der Waals surface area contributed by atoms with E-state index in [9.17, 15) is 15.0 Å². The maximum atomic E-state index is 12.5. The number of hydrogen-bond donors (Lipinski definition) is 2. The summed E-state index contributed by atoms with van der Waals surface area (Å²) < 4.78 is 5.59. The van der Waals surface area contributed by atoms with Crippen LogP contribution in [0.4, 0.5) is 0 Å². The van der Waals surface area contributed by atoms with Crippen molar-refractivity contribution < 1.29 is 19.7 Å². The van der Waals surface area contributed by atoms with Gasteiger partial charge in [0, 0.05) is 22.8 Å². The molecule has 0 spiro atoms. The van der Waals surface area contributed by atoms with Gasteiger partial charge in [0.25, 0.3) is 0 Å². The molecule has 0 unspecified atom stereocenters. The lowest BCUT2D eigenvalue weighted by Gasteiger charge is -2.13.